The van der Waals surface area contributed by atoms with E-state index in [0.717, 1.165) is 0 Å². The number of methoxy groups -OCH3 is 1. The summed E-state index contributed by atoms with van der Waals surface area (Å²) in [7, 11) is 1.45. The first-order valence-electron chi connectivity index (χ1n) is 8.63. The molecule has 4 N–H and O–H groups in total. The molecule has 0 bridgehead atoms. The molecule has 0 aromatic heterocycles. The molecule has 0 saturated carbocycles. The third-order valence-corrected chi connectivity index (χ3v) is 5.79. The lowest BCUT2D eigenvalue weighted by molar-refractivity contribution is -0.135. The van der Waals surface area contributed by atoms with Crippen LogP contribution >= 0.6 is 0 Å². The van der Waals surface area contributed by atoms with Crippen LogP contribution in [0.2, 0.25) is 0 Å². The summed E-state index contributed by atoms with van der Waals surface area (Å²) in [5, 5.41) is 43.6. The van der Waals surface area contributed by atoms with Crippen LogP contribution in [0.3, 0.4) is 0 Å². The third-order valence-electron chi connectivity index (χ3n) is 5.79. The van der Waals surface area contributed by atoms with E-state index in [0.29, 0.717) is 28.0 Å². The summed E-state index contributed by atoms with van der Waals surface area (Å²) in [6, 6.07) is 5.01. The monoisotopic (exact) mass is 358 g/mol. The van der Waals surface area contributed by atoms with Gasteiger partial charge < -0.3 is 25.2 Å². The molecule has 26 heavy (non-hydrogen) atoms. The summed E-state index contributed by atoms with van der Waals surface area (Å²) < 4.78 is 5.29. The van der Waals surface area contributed by atoms with Gasteiger partial charge in [-0.05, 0) is 30.2 Å². The van der Waals surface area contributed by atoms with E-state index in [-0.39, 0.29) is 18.6 Å². The van der Waals surface area contributed by atoms with Gasteiger partial charge in [0.05, 0.1) is 24.7 Å². The van der Waals surface area contributed by atoms with Gasteiger partial charge in [0, 0.05) is 24.0 Å². The lowest BCUT2D eigenvalue weighted by Gasteiger charge is -2.49. The number of hydrogen-bond donors (Lipinski definition) is 4. The van der Waals surface area contributed by atoms with Crippen molar-refractivity contribution in [3.8, 4) is 5.75 Å². The molecule has 0 amide bonds. The molecule has 138 valence electrons. The maximum absolute atomic E-state index is 12.7. The van der Waals surface area contributed by atoms with E-state index in [1.54, 1.807) is 31.2 Å². The zero-order valence-corrected chi connectivity index (χ0v) is 14.6. The Bertz CT molecular complexity index is 852. The van der Waals surface area contributed by atoms with Gasteiger partial charge in [-0.15, -0.1) is 0 Å². The maximum Gasteiger partial charge on any atom is 0.162 e. The number of carbonyl (C=O) groups excluding carboxylic acids is 1. The molecule has 0 radical (unpaired) electrons. The topological polar surface area (TPSA) is 107 Å². The molecule has 5 atom stereocenters. The zero-order valence-electron chi connectivity index (χ0n) is 14.6. The van der Waals surface area contributed by atoms with Crippen molar-refractivity contribution in [2.24, 2.45) is 5.92 Å². The molecule has 0 unspecified atom stereocenters. The number of fused-ring (bicyclic) bond motifs is 3. The molecule has 6 nitrogen and oxygen atoms in total. The van der Waals surface area contributed by atoms with Gasteiger partial charge >= 0.3 is 0 Å². The van der Waals surface area contributed by atoms with Gasteiger partial charge in [-0.3, -0.25) is 4.79 Å². The Balaban J connectivity index is 1.92. The third kappa shape index (κ3) is 2.23. The number of hydrogen-bond acceptors (Lipinski definition) is 6. The Hall–Kier alpha value is -1.99. The van der Waals surface area contributed by atoms with E-state index in [9.17, 15) is 25.2 Å². The van der Waals surface area contributed by atoms with Gasteiger partial charge in [-0.2, -0.15) is 0 Å². The molecule has 6 heteroatoms. The van der Waals surface area contributed by atoms with Crippen LogP contribution in [0.5, 0.6) is 5.75 Å². The van der Waals surface area contributed by atoms with E-state index < -0.39 is 29.3 Å². The quantitative estimate of drug-likeness (QED) is 0.599. The second-order valence-electron chi connectivity index (χ2n) is 7.72. The summed E-state index contributed by atoms with van der Waals surface area (Å²) in [5.74, 6) is -0.950. The summed E-state index contributed by atoms with van der Waals surface area (Å²) in [5.41, 5.74) is -1.35. The van der Waals surface area contributed by atoms with Crippen LogP contribution in [0.15, 0.2) is 41.5 Å². The first-order valence-corrected chi connectivity index (χ1v) is 8.63. The van der Waals surface area contributed by atoms with E-state index in [4.69, 9.17) is 4.74 Å². The minimum atomic E-state index is -1.83. The standard InChI is InChI=1S/C20H22O6/c1-19(24)8-10-6-7-20(25)16(14(10)12(21)9-19)17(22)11-4-3-5-13(26-2)15(11)18(20)23/h3-7,16-18,22-25H,8-9H2,1-2H3/t16-,17-,18+,19-,20+/m1/s1. The molecule has 4 rings (SSSR count). The number of allylic oxidation sites excluding steroid dienone is 1. The number of Topliss-reactive ketones (excluding diaryl/α,β-unsaturated/α-hetero) is 1. The Labute approximate surface area is 151 Å². The Kier molecular flexibility index (Phi) is 3.69. The van der Waals surface area contributed by atoms with Crippen LogP contribution in [-0.2, 0) is 4.79 Å². The van der Waals surface area contributed by atoms with Gasteiger partial charge in [-0.25, -0.2) is 0 Å². The van der Waals surface area contributed by atoms with Crippen molar-refractivity contribution < 1.29 is 30.0 Å². The highest BCUT2D eigenvalue weighted by Crippen LogP contribution is 2.56. The predicted molar refractivity (Wildman–Crippen MR) is 92.4 cm³/mol. The molecular weight excluding hydrogens is 336 g/mol. The Morgan fingerprint density at radius 1 is 1.19 bits per heavy atom. The van der Waals surface area contributed by atoms with E-state index in [1.165, 1.54) is 13.2 Å². The average Bonchev–Trinajstić information content (AvgIpc) is 2.58. The first kappa shape index (κ1) is 17.4. The van der Waals surface area contributed by atoms with Crippen LogP contribution in [0.25, 0.3) is 0 Å². The number of aliphatic hydroxyl groups is 4. The first-order chi connectivity index (χ1) is 12.2. The largest absolute Gasteiger partial charge is 0.496 e. The van der Waals surface area contributed by atoms with Crippen molar-refractivity contribution in [3.05, 3.63) is 52.6 Å². The number of rotatable bonds is 1. The molecule has 1 aromatic carbocycles. The fraction of sp³-hybridized carbons (Fsp3) is 0.450. The highest BCUT2D eigenvalue weighted by Gasteiger charge is 2.57. The second-order valence-corrected chi connectivity index (χ2v) is 7.72. The van der Waals surface area contributed by atoms with Crippen molar-refractivity contribution in [2.45, 2.75) is 43.2 Å². The molecule has 0 heterocycles. The molecule has 0 fully saturated rings. The summed E-state index contributed by atoms with van der Waals surface area (Å²) in [4.78, 5) is 12.7. The van der Waals surface area contributed by atoms with Crippen molar-refractivity contribution in [2.75, 3.05) is 7.11 Å². The number of benzene rings is 1. The Morgan fingerprint density at radius 2 is 1.92 bits per heavy atom. The van der Waals surface area contributed by atoms with Crippen LogP contribution in [0, 0.1) is 5.92 Å². The van der Waals surface area contributed by atoms with Crippen molar-refractivity contribution in [1.29, 1.82) is 0 Å². The normalized spacial score (nSPS) is 38.5. The fourth-order valence-corrected chi connectivity index (χ4v) is 4.65. The van der Waals surface area contributed by atoms with Gasteiger partial charge in [0.25, 0.3) is 0 Å². The Morgan fingerprint density at radius 3 is 2.62 bits per heavy atom. The predicted octanol–water partition coefficient (Wildman–Crippen LogP) is 1.10. The highest BCUT2D eigenvalue weighted by molar-refractivity contribution is 5.99. The minimum Gasteiger partial charge on any atom is -0.496 e. The SMILES string of the molecule is COc1cccc2c1[C@H](O)[C@]1(O)C=CC3=C(C(=O)C[C@](C)(O)C3)[C@@H]1[C@@H]2O. The molecule has 0 spiro atoms. The van der Waals surface area contributed by atoms with Gasteiger partial charge in [0.1, 0.15) is 17.5 Å². The molecule has 1 aromatic rings. The van der Waals surface area contributed by atoms with Crippen LogP contribution < -0.4 is 4.74 Å². The van der Waals surface area contributed by atoms with E-state index in [1.807, 2.05) is 0 Å². The zero-order chi connectivity index (χ0) is 18.9. The van der Waals surface area contributed by atoms with E-state index >= 15 is 0 Å². The van der Waals surface area contributed by atoms with Crippen molar-refractivity contribution in [1.82, 2.24) is 0 Å². The number of ether oxygens (including phenoxy) is 1. The van der Waals surface area contributed by atoms with Crippen molar-refractivity contribution in [3.63, 3.8) is 0 Å². The highest BCUT2D eigenvalue weighted by atomic mass is 16.5. The molecule has 3 aliphatic rings. The lowest BCUT2D eigenvalue weighted by atomic mass is 9.60. The molecule has 0 saturated heterocycles. The van der Waals surface area contributed by atoms with Gasteiger partial charge in [-0.1, -0.05) is 18.2 Å². The van der Waals surface area contributed by atoms with Crippen molar-refractivity contribution >= 4 is 5.78 Å². The van der Waals surface area contributed by atoms with E-state index in [2.05, 4.69) is 0 Å². The van der Waals surface area contributed by atoms with Crippen LogP contribution in [-0.4, -0.2) is 44.5 Å². The second kappa shape index (κ2) is 5.50. The fourth-order valence-electron chi connectivity index (χ4n) is 4.65. The summed E-state index contributed by atoms with van der Waals surface area (Å²) >= 11 is 0. The van der Waals surface area contributed by atoms with Gasteiger partial charge in [0.15, 0.2) is 5.78 Å². The number of ketones is 1. The molecular formula is C20H22O6. The summed E-state index contributed by atoms with van der Waals surface area (Å²) in [6.07, 6.45) is 0.630. The minimum absolute atomic E-state index is 0.0833. The molecule has 3 aliphatic carbocycles. The average molecular weight is 358 g/mol. The van der Waals surface area contributed by atoms with Gasteiger partial charge in [0.2, 0.25) is 0 Å². The number of carbonyl (C=O) groups is 1. The number of aliphatic hydroxyl groups excluding tert-OH is 2. The lowest BCUT2D eigenvalue weighted by Crippen LogP contribution is -2.53. The smallest absolute Gasteiger partial charge is 0.162 e. The maximum atomic E-state index is 12.7. The summed E-state index contributed by atoms with van der Waals surface area (Å²) in [6.45, 7) is 1.59. The molecule has 0 aliphatic heterocycles. The van der Waals surface area contributed by atoms with Crippen LogP contribution in [0.4, 0.5) is 0 Å². The van der Waals surface area contributed by atoms with Crippen LogP contribution in [0.1, 0.15) is 43.1 Å².